The van der Waals surface area contributed by atoms with Gasteiger partial charge in [-0.2, -0.15) is 5.26 Å². The van der Waals surface area contributed by atoms with Gasteiger partial charge in [-0.3, -0.25) is 14.9 Å². The number of carbonyl (C=O) groups is 1. The number of nitrogens with one attached hydrogen (secondary N) is 1. The Morgan fingerprint density at radius 1 is 1.62 bits per heavy atom. The smallest absolute Gasteiger partial charge is 0.285 e. The number of nitrogens with zero attached hydrogens (tertiary/aromatic N) is 3. The number of carbonyl (C=O) groups excluding carboxylic acids is 1. The summed E-state index contributed by atoms with van der Waals surface area (Å²) >= 11 is 0. The van der Waals surface area contributed by atoms with Crippen LogP contribution < -0.4 is 5.32 Å². The molecule has 1 unspecified atom stereocenters. The van der Waals surface area contributed by atoms with Crippen molar-refractivity contribution < 1.29 is 14.1 Å². The maximum Gasteiger partial charge on any atom is 0.285 e. The minimum absolute atomic E-state index is 0.00863. The van der Waals surface area contributed by atoms with Crippen molar-refractivity contribution in [1.82, 2.24) is 4.90 Å². The summed E-state index contributed by atoms with van der Waals surface area (Å²) in [6, 6.07) is 3.78. The van der Waals surface area contributed by atoms with Gasteiger partial charge in [-0.25, -0.2) is 4.39 Å². The monoisotopic (exact) mass is 294 g/mol. The third-order valence-electron chi connectivity index (χ3n) is 2.90. The number of nitriles is 1. The van der Waals surface area contributed by atoms with Crippen molar-refractivity contribution in [3.05, 3.63) is 33.6 Å². The van der Waals surface area contributed by atoms with Gasteiger partial charge in [-0.15, -0.1) is 0 Å². The van der Waals surface area contributed by atoms with E-state index < -0.39 is 28.3 Å². The summed E-state index contributed by atoms with van der Waals surface area (Å²) in [6.07, 6.45) is 0. The minimum Gasteiger partial charge on any atom is -0.386 e. The fraction of sp³-hybridized carbons (Fsp3) is 0.385. The van der Waals surface area contributed by atoms with E-state index in [0.29, 0.717) is 6.07 Å². The lowest BCUT2D eigenvalue weighted by molar-refractivity contribution is -0.385. The van der Waals surface area contributed by atoms with Crippen molar-refractivity contribution in [3.8, 4) is 6.07 Å². The van der Waals surface area contributed by atoms with Gasteiger partial charge in [-0.1, -0.05) is 0 Å². The molecule has 1 N–H and O–H groups in total. The Morgan fingerprint density at radius 2 is 2.24 bits per heavy atom. The highest BCUT2D eigenvalue weighted by Crippen LogP contribution is 2.27. The van der Waals surface area contributed by atoms with E-state index in [4.69, 9.17) is 5.26 Å². The summed E-state index contributed by atoms with van der Waals surface area (Å²) in [5.41, 5.74) is -0.836. The molecule has 0 aromatic heterocycles. The molecule has 0 bridgehead atoms. The number of nitro benzene ring substituents is 1. The standard InChI is InChI=1S/C13H15FN4O3/c1-8(6-15)7-17(3)13(19)9-4-11(16-2)10(14)5-12(9)18(20)21/h4-5,8,16H,7H2,1-3H3. The van der Waals surface area contributed by atoms with Crippen LogP contribution in [-0.4, -0.2) is 36.4 Å². The number of hydrogen-bond acceptors (Lipinski definition) is 5. The Morgan fingerprint density at radius 3 is 2.71 bits per heavy atom. The fourth-order valence-corrected chi connectivity index (χ4v) is 1.82. The first-order valence-electron chi connectivity index (χ1n) is 6.12. The molecule has 0 aliphatic carbocycles. The number of hydrogen-bond donors (Lipinski definition) is 1. The van der Waals surface area contributed by atoms with Crippen molar-refractivity contribution in [3.63, 3.8) is 0 Å². The predicted molar refractivity (Wildman–Crippen MR) is 74.3 cm³/mol. The summed E-state index contributed by atoms with van der Waals surface area (Å²) < 4.78 is 13.6. The summed E-state index contributed by atoms with van der Waals surface area (Å²) in [6.45, 7) is 1.75. The molecule has 1 aromatic rings. The zero-order valence-corrected chi connectivity index (χ0v) is 11.9. The topological polar surface area (TPSA) is 99.3 Å². The van der Waals surface area contributed by atoms with Crippen molar-refractivity contribution in [2.24, 2.45) is 5.92 Å². The molecule has 0 spiro atoms. The maximum absolute atomic E-state index is 13.6. The number of rotatable bonds is 5. The molecule has 0 saturated heterocycles. The second-order valence-corrected chi connectivity index (χ2v) is 4.57. The highest BCUT2D eigenvalue weighted by molar-refractivity contribution is 5.99. The SMILES string of the molecule is CNc1cc(C(=O)N(C)CC(C)C#N)c([N+](=O)[O-])cc1F. The molecule has 8 heteroatoms. The fourth-order valence-electron chi connectivity index (χ4n) is 1.82. The van der Waals surface area contributed by atoms with Crippen LogP contribution in [0.25, 0.3) is 0 Å². The van der Waals surface area contributed by atoms with Crippen LogP contribution in [0.5, 0.6) is 0 Å². The van der Waals surface area contributed by atoms with E-state index in [1.807, 2.05) is 6.07 Å². The largest absolute Gasteiger partial charge is 0.386 e. The molecule has 21 heavy (non-hydrogen) atoms. The van der Waals surface area contributed by atoms with Gasteiger partial charge >= 0.3 is 0 Å². The summed E-state index contributed by atoms with van der Waals surface area (Å²) in [4.78, 5) is 23.6. The van der Waals surface area contributed by atoms with Crippen LogP contribution in [0.1, 0.15) is 17.3 Å². The highest BCUT2D eigenvalue weighted by Gasteiger charge is 2.26. The lowest BCUT2D eigenvalue weighted by Gasteiger charge is -2.18. The van der Waals surface area contributed by atoms with E-state index in [1.54, 1.807) is 6.92 Å². The molecule has 1 atom stereocenters. The van der Waals surface area contributed by atoms with E-state index >= 15 is 0 Å². The van der Waals surface area contributed by atoms with Crippen LogP contribution in [0, 0.1) is 33.2 Å². The van der Waals surface area contributed by atoms with E-state index in [0.717, 1.165) is 6.07 Å². The van der Waals surface area contributed by atoms with Gasteiger partial charge in [0.1, 0.15) is 5.56 Å². The number of amides is 1. The molecule has 7 nitrogen and oxygen atoms in total. The Hall–Kier alpha value is -2.69. The Balaban J connectivity index is 3.24. The quantitative estimate of drug-likeness (QED) is 0.661. The Kier molecular flexibility index (Phi) is 5.18. The first-order valence-corrected chi connectivity index (χ1v) is 6.12. The lowest BCUT2D eigenvalue weighted by atomic mass is 10.1. The molecule has 112 valence electrons. The van der Waals surface area contributed by atoms with Gasteiger partial charge in [0.15, 0.2) is 5.82 Å². The highest BCUT2D eigenvalue weighted by atomic mass is 19.1. The van der Waals surface area contributed by atoms with Crippen LogP contribution in [0.15, 0.2) is 12.1 Å². The predicted octanol–water partition coefficient (Wildman–Crippen LogP) is 2.01. The van der Waals surface area contributed by atoms with E-state index in [9.17, 15) is 19.3 Å². The number of anilines is 1. The minimum atomic E-state index is -0.811. The molecule has 1 rings (SSSR count). The molecule has 0 saturated carbocycles. The number of nitro groups is 1. The third-order valence-corrected chi connectivity index (χ3v) is 2.90. The number of benzene rings is 1. The molecule has 1 amide bonds. The lowest BCUT2D eigenvalue weighted by Crippen LogP contribution is -2.31. The van der Waals surface area contributed by atoms with Crippen molar-refractivity contribution in [2.45, 2.75) is 6.92 Å². The molecular weight excluding hydrogens is 279 g/mol. The van der Waals surface area contributed by atoms with Gasteiger partial charge in [0, 0.05) is 20.6 Å². The third kappa shape index (κ3) is 3.66. The number of halogens is 1. The van der Waals surface area contributed by atoms with E-state index in [1.165, 1.54) is 19.0 Å². The summed E-state index contributed by atoms with van der Waals surface area (Å²) in [5, 5.41) is 22.2. The van der Waals surface area contributed by atoms with Crippen molar-refractivity contribution in [2.75, 3.05) is 26.0 Å². The normalized spacial score (nSPS) is 11.4. The summed E-state index contributed by atoms with van der Waals surface area (Å²) in [7, 11) is 2.88. The van der Waals surface area contributed by atoms with Gasteiger partial charge in [0.05, 0.1) is 28.7 Å². The molecule has 0 aliphatic rings. The van der Waals surface area contributed by atoms with Crippen LogP contribution in [0.3, 0.4) is 0 Å². The van der Waals surface area contributed by atoms with Crippen LogP contribution in [-0.2, 0) is 0 Å². The molecular formula is C13H15FN4O3. The Bertz CT molecular complexity index is 612. The zero-order valence-electron chi connectivity index (χ0n) is 11.9. The van der Waals surface area contributed by atoms with Gasteiger partial charge in [-0.05, 0) is 13.0 Å². The second-order valence-electron chi connectivity index (χ2n) is 4.57. The van der Waals surface area contributed by atoms with Gasteiger partial charge < -0.3 is 10.2 Å². The second kappa shape index (κ2) is 6.65. The maximum atomic E-state index is 13.6. The van der Waals surface area contributed by atoms with Gasteiger partial charge in [0.2, 0.25) is 0 Å². The first kappa shape index (κ1) is 16.4. The molecule has 0 radical (unpaired) electrons. The van der Waals surface area contributed by atoms with E-state index in [2.05, 4.69) is 5.32 Å². The summed E-state index contributed by atoms with van der Waals surface area (Å²) in [5.74, 6) is -1.86. The Labute approximate surface area is 121 Å². The average Bonchev–Trinajstić information content (AvgIpc) is 2.45. The van der Waals surface area contributed by atoms with E-state index in [-0.39, 0.29) is 17.8 Å². The molecule has 0 fully saturated rings. The van der Waals surface area contributed by atoms with Crippen LogP contribution >= 0.6 is 0 Å². The molecule has 1 aromatic carbocycles. The van der Waals surface area contributed by atoms with Crippen molar-refractivity contribution >= 4 is 17.3 Å². The van der Waals surface area contributed by atoms with Crippen LogP contribution in [0.2, 0.25) is 0 Å². The first-order chi connectivity index (χ1) is 9.81. The van der Waals surface area contributed by atoms with Crippen LogP contribution in [0.4, 0.5) is 15.8 Å². The zero-order chi connectivity index (χ0) is 16.2. The average molecular weight is 294 g/mol. The van der Waals surface area contributed by atoms with Crippen molar-refractivity contribution in [1.29, 1.82) is 5.26 Å². The molecule has 0 aliphatic heterocycles. The van der Waals surface area contributed by atoms with Gasteiger partial charge in [0.25, 0.3) is 11.6 Å². The molecule has 0 heterocycles.